The standard InChI is InChI=1S/C13H23N3O/c1-2-8-16-11(12(14)15-13(16)17)9-10-6-4-3-5-7-10/h10-11H,2-9H2,1H3,(H2,14,15,17). The zero-order valence-corrected chi connectivity index (χ0v) is 10.7. The van der Waals surface area contributed by atoms with E-state index >= 15 is 0 Å². The van der Waals surface area contributed by atoms with Gasteiger partial charge in [0.2, 0.25) is 0 Å². The summed E-state index contributed by atoms with van der Waals surface area (Å²) in [5.41, 5.74) is 0. The number of hydrogen-bond donors (Lipinski definition) is 2. The molecular formula is C13H23N3O. The maximum Gasteiger partial charge on any atom is 0.323 e. The zero-order valence-electron chi connectivity index (χ0n) is 10.7. The monoisotopic (exact) mass is 237 g/mol. The average Bonchev–Trinajstić information content (AvgIpc) is 2.58. The van der Waals surface area contributed by atoms with Crippen LogP contribution in [0.5, 0.6) is 0 Å². The predicted octanol–water partition coefficient (Wildman–Crippen LogP) is 2.74. The molecule has 2 aliphatic rings. The van der Waals surface area contributed by atoms with Crippen LogP contribution >= 0.6 is 0 Å². The molecule has 1 atom stereocenters. The van der Waals surface area contributed by atoms with Gasteiger partial charge in [-0.05, 0) is 18.8 Å². The normalized spacial score (nSPS) is 26.4. The Balaban J connectivity index is 1.96. The second-order valence-corrected chi connectivity index (χ2v) is 5.29. The smallest absolute Gasteiger partial charge is 0.314 e. The molecule has 2 N–H and O–H groups in total. The lowest BCUT2D eigenvalue weighted by atomic mass is 9.84. The Morgan fingerprint density at radius 2 is 2.06 bits per heavy atom. The topological polar surface area (TPSA) is 56.2 Å². The SMILES string of the molecule is CCCN1C(=O)NC(=N)C1CC1CCCCC1. The van der Waals surface area contributed by atoms with Gasteiger partial charge < -0.3 is 4.90 Å². The second-order valence-electron chi connectivity index (χ2n) is 5.29. The van der Waals surface area contributed by atoms with E-state index < -0.39 is 0 Å². The molecule has 0 aromatic rings. The maximum absolute atomic E-state index is 11.7. The molecule has 1 unspecified atom stereocenters. The molecule has 96 valence electrons. The van der Waals surface area contributed by atoms with Crippen molar-refractivity contribution in [1.82, 2.24) is 10.2 Å². The summed E-state index contributed by atoms with van der Waals surface area (Å²) in [7, 11) is 0. The molecule has 0 aromatic heterocycles. The Kier molecular flexibility index (Phi) is 4.02. The summed E-state index contributed by atoms with van der Waals surface area (Å²) in [6, 6.07) is -0.0526. The van der Waals surface area contributed by atoms with Gasteiger partial charge in [-0.2, -0.15) is 0 Å². The molecule has 4 nitrogen and oxygen atoms in total. The van der Waals surface area contributed by atoms with Crippen molar-refractivity contribution in [2.75, 3.05) is 6.54 Å². The molecule has 1 aliphatic heterocycles. The Morgan fingerprint density at radius 1 is 1.35 bits per heavy atom. The molecule has 4 heteroatoms. The largest absolute Gasteiger partial charge is 0.323 e. The lowest BCUT2D eigenvalue weighted by molar-refractivity contribution is 0.194. The van der Waals surface area contributed by atoms with Gasteiger partial charge in [0.25, 0.3) is 0 Å². The molecular weight excluding hydrogens is 214 g/mol. The molecule has 1 heterocycles. The number of carbonyl (C=O) groups excluding carboxylic acids is 1. The summed E-state index contributed by atoms with van der Waals surface area (Å²) >= 11 is 0. The van der Waals surface area contributed by atoms with Crippen molar-refractivity contribution in [3.05, 3.63) is 0 Å². The number of amides is 2. The van der Waals surface area contributed by atoms with Gasteiger partial charge in [0.05, 0.1) is 6.04 Å². The third kappa shape index (κ3) is 2.79. The number of amidine groups is 1. The average molecular weight is 237 g/mol. The Morgan fingerprint density at radius 3 is 2.71 bits per heavy atom. The Labute approximate surface area is 103 Å². The molecule has 2 amide bonds. The van der Waals surface area contributed by atoms with E-state index in [9.17, 15) is 4.79 Å². The number of hydrogen-bond acceptors (Lipinski definition) is 2. The highest BCUT2D eigenvalue weighted by Gasteiger charge is 2.36. The van der Waals surface area contributed by atoms with Gasteiger partial charge in [-0.15, -0.1) is 0 Å². The van der Waals surface area contributed by atoms with Gasteiger partial charge in [-0.25, -0.2) is 4.79 Å². The van der Waals surface area contributed by atoms with E-state index in [1.165, 1.54) is 32.1 Å². The highest BCUT2D eigenvalue weighted by molar-refractivity contribution is 6.05. The van der Waals surface area contributed by atoms with Crippen LogP contribution in [0.25, 0.3) is 0 Å². The molecule has 1 aliphatic carbocycles. The van der Waals surface area contributed by atoms with Gasteiger partial charge in [-0.1, -0.05) is 39.0 Å². The van der Waals surface area contributed by atoms with Crippen LogP contribution < -0.4 is 5.32 Å². The fraction of sp³-hybridized carbons (Fsp3) is 0.846. The first-order valence-corrected chi connectivity index (χ1v) is 6.88. The van der Waals surface area contributed by atoms with E-state index in [2.05, 4.69) is 12.2 Å². The fourth-order valence-corrected chi connectivity index (χ4v) is 3.05. The van der Waals surface area contributed by atoms with Crippen LogP contribution in [-0.4, -0.2) is 29.4 Å². The summed E-state index contributed by atoms with van der Waals surface area (Å²) in [4.78, 5) is 13.5. The minimum Gasteiger partial charge on any atom is -0.314 e. The number of rotatable bonds is 4. The number of urea groups is 1. The second kappa shape index (κ2) is 5.52. The van der Waals surface area contributed by atoms with Crippen LogP contribution in [0.2, 0.25) is 0 Å². The predicted molar refractivity (Wildman–Crippen MR) is 68.2 cm³/mol. The third-order valence-corrected chi connectivity index (χ3v) is 3.96. The number of carbonyl (C=O) groups is 1. The summed E-state index contributed by atoms with van der Waals surface area (Å²) in [5, 5.41) is 10.6. The summed E-state index contributed by atoms with van der Waals surface area (Å²) in [6.07, 6.45) is 8.49. The van der Waals surface area contributed by atoms with Crippen LogP contribution in [0.15, 0.2) is 0 Å². The van der Waals surface area contributed by atoms with Gasteiger partial charge in [0.1, 0.15) is 5.84 Å². The van der Waals surface area contributed by atoms with Gasteiger partial charge in [-0.3, -0.25) is 10.7 Å². The zero-order chi connectivity index (χ0) is 12.3. The van der Waals surface area contributed by atoms with Crippen molar-refractivity contribution in [3.63, 3.8) is 0 Å². The van der Waals surface area contributed by atoms with E-state index in [0.29, 0.717) is 11.8 Å². The highest BCUT2D eigenvalue weighted by atomic mass is 16.2. The quantitative estimate of drug-likeness (QED) is 0.776. The first-order chi connectivity index (χ1) is 8.22. The molecule has 0 bridgehead atoms. The molecule has 2 fully saturated rings. The first kappa shape index (κ1) is 12.4. The first-order valence-electron chi connectivity index (χ1n) is 6.88. The molecule has 17 heavy (non-hydrogen) atoms. The van der Waals surface area contributed by atoms with Crippen molar-refractivity contribution in [2.24, 2.45) is 5.92 Å². The lowest BCUT2D eigenvalue weighted by Gasteiger charge is -2.28. The molecule has 1 saturated carbocycles. The molecule has 0 spiro atoms. The van der Waals surface area contributed by atoms with Gasteiger partial charge >= 0.3 is 6.03 Å². The number of nitrogens with zero attached hydrogens (tertiary/aromatic N) is 1. The van der Waals surface area contributed by atoms with Crippen molar-refractivity contribution in [1.29, 1.82) is 5.41 Å². The van der Waals surface area contributed by atoms with E-state index in [1.54, 1.807) is 0 Å². The minimum absolute atomic E-state index is 0.0190. The summed E-state index contributed by atoms with van der Waals surface area (Å²) < 4.78 is 0. The Bertz CT molecular complexity index is 297. The van der Waals surface area contributed by atoms with Crippen molar-refractivity contribution in [3.8, 4) is 0 Å². The van der Waals surface area contributed by atoms with Crippen LogP contribution in [0.3, 0.4) is 0 Å². The van der Waals surface area contributed by atoms with E-state index in [1.807, 2.05) is 4.90 Å². The van der Waals surface area contributed by atoms with Crippen LogP contribution in [0.1, 0.15) is 51.9 Å². The van der Waals surface area contributed by atoms with Gasteiger partial charge in [0.15, 0.2) is 0 Å². The van der Waals surface area contributed by atoms with Crippen LogP contribution in [0, 0.1) is 11.3 Å². The third-order valence-electron chi connectivity index (χ3n) is 3.96. The highest BCUT2D eigenvalue weighted by Crippen LogP contribution is 2.29. The summed E-state index contributed by atoms with van der Waals surface area (Å²) in [6.45, 7) is 2.85. The summed E-state index contributed by atoms with van der Waals surface area (Å²) in [5.74, 6) is 1.12. The number of nitrogens with one attached hydrogen (secondary N) is 2. The minimum atomic E-state index is -0.0716. The molecule has 0 aromatic carbocycles. The lowest BCUT2D eigenvalue weighted by Crippen LogP contribution is -2.37. The van der Waals surface area contributed by atoms with Crippen molar-refractivity contribution >= 4 is 11.9 Å². The fourth-order valence-electron chi connectivity index (χ4n) is 3.05. The van der Waals surface area contributed by atoms with Crippen LogP contribution in [-0.2, 0) is 0 Å². The van der Waals surface area contributed by atoms with Crippen LogP contribution in [0.4, 0.5) is 4.79 Å². The van der Waals surface area contributed by atoms with E-state index in [-0.39, 0.29) is 12.1 Å². The molecule has 2 rings (SSSR count). The van der Waals surface area contributed by atoms with Crippen molar-refractivity contribution < 1.29 is 4.79 Å². The van der Waals surface area contributed by atoms with Crippen molar-refractivity contribution in [2.45, 2.75) is 57.9 Å². The Hall–Kier alpha value is -1.06. The maximum atomic E-state index is 11.7. The van der Waals surface area contributed by atoms with Gasteiger partial charge in [0, 0.05) is 6.54 Å². The molecule has 1 saturated heterocycles. The van der Waals surface area contributed by atoms with E-state index in [0.717, 1.165) is 19.4 Å². The molecule has 0 radical (unpaired) electrons. The van der Waals surface area contributed by atoms with E-state index in [4.69, 9.17) is 5.41 Å².